The molecule has 0 aliphatic carbocycles. The number of carbonyl (C=O) groups excluding carboxylic acids is 1. The second kappa shape index (κ2) is 18.4. The van der Waals surface area contributed by atoms with Gasteiger partial charge in [0, 0.05) is 13.1 Å². The molecular formula is C24H47NO6. The van der Waals surface area contributed by atoms with Crippen LogP contribution in [0.25, 0.3) is 0 Å². The van der Waals surface area contributed by atoms with E-state index in [0.29, 0.717) is 5.92 Å². The summed E-state index contributed by atoms with van der Waals surface area (Å²) < 4.78 is 6.04. The number of carbonyl (C=O) groups is 2. The van der Waals surface area contributed by atoms with Crippen LogP contribution in [-0.2, 0) is 14.3 Å². The van der Waals surface area contributed by atoms with Crippen molar-refractivity contribution in [3.63, 3.8) is 0 Å². The number of ether oxygens (including phenoxy) is 1. The Morgan fingerprint density at radius 3 is 1.94 bits per heavy atom. The van der Waals surface area contributed by atoms with Crippen molar-refractivity contribution in [3.05, 3.63) is 0 Å². The standard InChI is InChI=1S/C24H47NO6/c1-5-9-11-19(7-3)17-22(20(8-4)12-10-6-2)31-24(30)21(18-23(28)29)25(13-15-26)14-16-27/h19-22,26-27H,5-18H2,1-4H3,(H,28,29). The predicted octanol–water partition coefficient (Wildman–Crippen LogP) is 3.85. The molecule has 184 valence electrons. The quantitative estimate of drug-likeness (QED) is 0.244. The summed E-state index contributed by atoms with van der Waals surface area (Å²) in [6, 6.07) is -1.02. The zero-order valence-electron chi connectivity index (χ0n) is 20.2. The van der Waals surface area contributed by atoms with E-state index in [1.165, 1.54) is 4.90 Å². The van der Waals surface area contributed by atoms with Crippen LogP contribution in [-0.4, -0.2) is 70.6 Å². The summed E-state index contributed by atoms with van der Waals surface area (Å²) in [5.74, 6) is -0.951. The van der Waals surface area contributed by atoms with Gasteiger partial charge in [0.25, 0.3) is 0 Å². The minimum Gasteiger partial charge on any atom is -0.481 e. The van der Waals surface area contributed by atoms with Crippen molar-refractivity contribution in [3.8, 4) is 0 Å². The SMILES string of the molecule is CCCCC(CC)CC(OC(=O)C(CC(=O)O)N(CCO)CCO)C(CC)CCCC. The minimum absolute atomic E-state index is 0.111. The van der Waals surface area contributed by atoms with Gasteiger partial charge in [-0.15, -0.1) is 0 Å². The van der Waals surface area contributed by atoms with Crippen molar-refractivity contribution in [2.24, 2.45) is 11.8 Å². The minimum atomic E-state index is -1.10. The van der Waals surface area contributed by atoms with Gasteiger partial charge < -0.3 is 20.1 Å². The third-order valence-corrected chi connectivity index (χ3v) is 6.21. The van der Waals surface area contributed by atoms with E-state index in [1.807, 2.05) is 0 Å². The van der Waals surface area contributed by atoms with E-state index >= 15 is 0 Å². The van der Waals surface area contributed by atoms with Crippen molar-refractivity contribution in [1.29, 1.82) is 0 Å². The van der Waals surface area contributed by atoms with Gasteiger partial charge >= 0.3 is 11.9 Å². The first-order chi connectivity index (χ1) is 14.9. The molecule has 0 heterocycles. The Hall–Kier alpha value is -1.18. The lowest BCUT2D eigenvalue weighted by molar-refractivity contribution is -0.163. The van der Waals surface area contributed by atoms with Crippen LogP contribution in [0.1, 0.15) is 91.9 Å². The van der Waals surface area contributed by atoms with Gasteiger partial charge in [-0.3, -0.25) is 14.5 Å². The second-order valence-corrected chi connectivity index (χ2v) is 8.53. The maximum Gasteiger partial charge on any atom is 0.324 e. The van der Waals surface area contributed by atoms with E-state index in [2.05, 4.69) is 27.7 Å². The van der Waals surface area contributed by atoms with E-state index in [-0.39, 0.29) is 38.3 Å². The lowest BCUT2D eigenvalue weighted by atomic mass is 9.84. The Morgan fingerprint density at radius 1 is 0.903 bits per heavy atom. The summed E-state index contributed by atoms with van der Waals surface area (Å²) in [5, 5.41) is 28.0. The maximum atomic E-state index is 13.2. The Labute approximate surface area is 189 Å². The number of unbranched alkanes of at least 4 members (excludes halogenated alkanes) is 2. The zero-order valence-corrected chi connectivity index (χ0v) is 20.2. The fourth-order valence-corrected chi connectivity index (χ4v) is 4.20. The molecular weight excluding hydrogens is 398 g/mol. The molecule has 0 aromatic rings. The van der Waals surface area contributed by atoms with Gasteiger partial charge in [0.15, 0.2) is 0 Å². The first-order valence-corrected chi connectivity index (χ1v) is 12.3. The van der Waals surface area contributed by atoms with E-state index in [0.717, 1.165) is 57.8 Å². The molecule has 0 bridgehead atoms. The van der Waals surface area contributed by atoms with Crippen molar-refractivity contribution < 1.29 is 29.6 Å². The van der Waals surface area contributed by atoms with Crippen LogP contribution in [0.15, 0.2) is 0 Å². The summed E-state index contributed by atoms with van der Waals surface area (Å²) >= 11 is 0. The summed E-state index contributed by atoms with van der Waals surface area (Å²) in [5.41, 5.74) is 0. The van der Waals surface area contributed by atoms with Crippen LogP contribution in [0.2, 0.25) is 0 Å². The normalized spacial score (nSPS) is 15.5. The Bertz CT molecular complexity index is 467. The third-order valence-electron chi connectivity index (χ3n) is 6.21. The highest BCUT2D eigenvalue weighted by molar-refractivity contribution is 5.82. The molecule has 4 unspecified atom stereocenters. The highest BCUT2D eigenvalue weighted by atomic mass is 16.5. The van der Waals surface area contributed by atoms with Crippen LogP contribution in [0.5, 0.6) is 0 Å². The Kier molecular flexibility index (Phi) is 17.7. The number of hydrogen-bond donors (Lipinski definition) is 3. The van der Waals surface area contributed by atoms with Crippen LogP contribution in [0, 0.1) is 11.8 Å². The maximum absolute atomic E-state index is 13.2. The molecule has 7 heteroatoms. The average molecular weight is 446 g/mol. The number of esters is 1. The molecule has 0 rings (SSSR count). The number of carboxylic acids is 1. The largest absolute Gasteiger partial charge is 0.481 e. The monoisotopic (exact) mass is 445 g/mol. The molecule has 0 aromatic carbocycles. The summed E-state index contributed by atoms with van der Waals surface area (Å²) in [7, 11) is 0. The van der Waals surface area contributed by atoms with Crippen LogP contribution < -0.4 is 0 Å². The van der Waals surface area contributed by atoms with Crippen LogP contribution >= 0.6 is 0 Å². The lowest BCUT2D eigenvalue weighted by Crippen LogP contribution is -2.47. The smallest absolute Gasteiger partial charge is 0.324 e. The molecule has 0 aliphatic rings. The van der Waals surface area contributed by atoms with Crippen molar-refractivity contribution >= 4 is 11.9 Å². The van der Waals surface area contributed by atoms with Crippen molar-refractivity contribution in [2.45, 2.75) is 104 Å². The fraction of sp³-hybridized carbons (Fsp3) is 0.917. The second-order valence-electron chi connectivity index (χ2n) is 8.53. The molecule has 0 amide bonds. The van der Waals surface area contributed by atoms with Crippen molar-refractivity contribution in [2.75, 3.05) is 26.3 Å². The predicted molar refractivity (Wildman–Crippen MR) is 123 cm³/mol. The zero-order chi connectivity index (χ0) is 23.6. The van der Waals surface area contributed by atoms with Crippen LogP contribution in [0.3, 0.4) is 0 Å². The number of rotatable bonds is 20. The highest BCUT2D eigenvalue weighted by Gasteiger charge is 2.33. The average Bonchev–Trinajstić information content (AvgIpc) is 2.74. The van der Waals surface area contributed by atoms with Gasteiger partial charge in [-0.05, 0) is 31.1 Å². The molecule has 0 saturated carbocycles. The highest BCUT2D eigenvalue weighted by Crippen LogP contribution is 2.29. The number of aliphatic hydroxyl groups excluding tert-OH is 2. The molecule has 0 aliphatic heterocycles. The molecule has 7 nitrogen and oxygen atoms in total. The number of nitrogens with zero attached hydrogens (tertiary/aromatic N) is 1. The Balaban J connectivity index is 5.62. The van der Waals surface area contributed by atoms with E-state index < -0.39 is 24.4 Å². The number of aliphatic carboxylic acids is 1. The molecule has 0 saturated heterocycles. The first kappa shape index (κ1) is 29.8. The number of hydrogen-bond acceptors (Lipinski definition) is 6. The fourth-order valence-electron chi connectivity index (χ4n) is 4.20. The van der Waals surface area contributed by atoms with Gasteiger partial charge in [-0.25, -0.2) is 0 Å². The molecule has 0 fully saturated rings. The van der Waals surface area contributed by atoms with E-state index in [9.17, 15) is 24.9 Å². The van der Waals surface area contributed by atoms with Crippen LogP contribution in [0.4, 0.5) is 0 Å². The molecule has 4 atom stereocenters. The van der Waals surface area contributed by atoms with E-state index in [1.54, 1.807) is 0 Å². The molecule has 0 aromatic heterocycles. The van der Waals surface area contributed by atoms with Gasteiger partial charge in [0.05, 0.1) is 19.6 Å². The van der Waals surface area contributed by atoms with Gasteiger partial charge in [0.2, 0.25) is 0 Å². The van der Waals surface area contributed by atoms with Gasteiger partial charge in [-0.1, -0.05) is 66.2 Å². The number of aliphatic hydroxyl groups is 2. The summed E-state index contributed by atoms with van der Waals surface area (Å²) in [4.78, 5) is 26.1. The van der Waals surface area contributed by atoms with Gasteiger partial charge in [0.1, 0.15) is 12.1 Å². The first-order valence-electron chi connectivity index (χ1n) is 12.3. The van der Waals surface area contributed by atoms with Crippen molar-refractivity contribution in [1.82, 2.24) is 4.90 Å². The third kappa shape index (κ3) is 12.4. The topological polar surface area (TPSA) is 107 Å². The van der Waals surface area contributed by atoms with Gasteiger partial charge in [-0.2, -0.15) is 0 Å². The molecule has 0 spiro atoms. The summed E-state index contributed by atoms with van der Waals surface area (Å²) in [6.45, 7) is 8.38. The number of carboxylic acid groups (broad SMARTS) is 1. The molecule has 0 radical (unpaired) electrons. The summed E-state index contributed by atoms with van der Waals surface area (Å²) in [6.07, 6.45) is 8.58. The lowest BCUT2D eigenvalue weighted by Gasteiger charge is -2.33. The molecule has 31 heavy (non-hydrogen) atoms. The molecule has 3 N–H and O–H groups in total. The van der Waals surface area contributed by atoms with E-state index in [4.69, 9.17) is 4.74 Å². The Morgan fingerprint density at radius 2 is 1.48 bits per heavy atom.